The molecule has 0 saturated carbocycles. The quantitative estimate of drug-likeness (QED) is 0.733. The van der Waals surface area contributed by atoms with E-state index in [0.717, 1.165) is 10.6 Å². The van der Waals surface area contributed by atoms with E-state index in [1.165, 1.54) is 34.9 Å². The van der Waals surface area contributed by atoms with Crippen LogP contribution in [-0.4, -0.2) is 32.1 Å². The number of benzene rings is 2. The van der Waals surface area contributed by atoms with Crippen LogP contribution >= 0.6 is 0 Å². The number of aromatic nitrogens is 2. The molecule has 0 aliphatic rings. The van der Waals surface area contributed by atoms with Crippen LogP contribution in [0.1, 0.15) is 31.5 Å². The van der Waals surface area contributed by atoms with Gasteiger partial charge in [-0.3, -0.25) is 9.13 Å². The van der Waals surface area contributed by atoms with Crippen LogP contribution in [0, 0.1) is 11.6 Å². The molecule has 2 N–H and O–H groups in total. The summed E-state index contributed by atoms with van der Waals surface area (Å²) in [6, 6.07) is 8.29. The third-order valence-electron chi connectivity index (χ3n) is 4.41. The monoisotopic (exact) mass is 362 g/mol. The Bertz CT molecular complexity index is 994. The molecular weight excluding hydrogens is 342 g/mol. The minimum atomic E-state index is -1.42. The topological polar surface area (TPSA) is 67.4 Å². The lowest BCUT2D eigenvalue weighted by Crippen LogP contribution is -2.36. The van der Waals surface area contributed by atoms with E-state index >= 15 is 0 Å². The van der Waals surface area contributed by atoms with Gasteiger partial charge in [-0.2, -0.15) is 0 Å². The molecule has 0 aliphatic heterocycles. The molecule has 0 aliphatic carbocycles. The molecule has 0 spiro atoms. The summed E-state index contributed by atoms with van der Waals surface area (Å²) in [7, 11) is 0. The fourth-order valence-corrected chi connectivity index (χ4v) is 3.34. The van der Waals surface area contributed by atoms with E-state index in [9.17, 15) is 23.8 Å². The number of aliphatic hydroxyl groups is 2. The zero-order valence-electron chi connectivity index (χ0n) is 14.4. The molecule has 2 aromatic carbocycles. The molecule has 0 fully saturated rings. The molecule has 3 rings (SSSR count). The van der Waals surface area contributed by atoms with Gasteiger partial charge in [-0.15, -0.1) is 0 Å². The lowest BCUT2D eigenvalue weighted by Gasteiger charge is -2.23. The zero-order chi connectivity index (χ0) is 19.0. The molecule has 0 saturated heterocycles. The summed E-state index contributed by atoms with van der Waals surface area (Å²) in [5, 5.41) is 19.9. The molecule has 0 amide bonds. The van der Waals surface area contributed by atoms with Crippen LogP contribution in [0.2, 0.25) is 0 Å². The van der Waals surface area contributed by atoms with Crippen molar-refractivity contribution in [1.29, 1.82) is 0 Å². The van der Waals surface area contributed by atoms with Gasteiger partial charge < -0.3 is 10.2 Å². The highest BCUT2D eigenvalue weighted by Gasteiger charge is 2.30. The minimum Gasteiger partial charge on any atom is -0.394 e. The molecule has 2 atom stereocenters. The van der Waals surface area contributed by atoms with Crippen molar-refractivity contribution in [3.63, 3.8) is 0 Å². The molecule has 138 valence electrons. The predicted molar refractivity (Wildman–Crippen MR) is 94.2 cm³/mol. The molecular formula is C19H20F2N2O3. The second kappa shape index (κ2) is 7.01. The molecule has 3 aromatic rings. The van der Waals surface area contributed by atoms with Crippen LogP contribution in [0.25, 0.3) is 11.0 Å². The summed E-state index contributed by atoms with van der Waals surface area (Å²) in [5.41, 5.74) is 0.103. The van der Waals surface area contributed by atoms with E-state index < -0.39 is 36.1 Å². The summed E-state index contributed by atoms with van der Waals surface area (Å²) < 4.78 is 30.9. The zero-order valence-corrected chi connectivity index (χ0v) is 14.4. The Morgan fingerprint density at radius 1 is 1.08 bits per heavy atom. The van der Waals surface area contributed by atoms with Gasteiger partial charge in [0, 0.05) is 6.04 Å². The number of hydrogen-bond acceptors (Lipinski definition) is 3. The molecule has 26 heavy (non-hydrogen) atoms. The van der Waals surface area contributed by atoms with Gasteiger partial charge in [0.15, 0.2) is 0 Å². The number of fused-ring (bicyclic) bond motifs is 1. The van der Waals surface area contributed by atoms with E-state index in [0.29, 0.717) is 5.52 Å². The maximum atomic E-state index is 14.6. The maximum Gasteiger partial charge on any atom is 0.330 e. The summed E-state index contributed by atoms with van der Waals surface area (Å²) in [5.74, 6) is -1.19. The van der Waals surface area contributed by atoms with Crippen molar-refractivity contribution in [2.45, 2.75) is 32.0 Å². The first-order chi connectivity index (χ1) is 12.4. The van der Waals surface area contributed by atoms with Crippen LogP contribution in [0.15, 0.2) is 47.3 Å². The SMILES string of the molecule is CC(C)n1c(=O)n([C@@H](c2cccc(F)c2)[C@H](O)CO)c2c(F)cccc21. The standard InChI is InChI=1S/C19H20F2N2O3/c1-11(2)22-15-8-4-7-14(21)18(15)23(19(22)26)17(16(25)10-24)12-5-3-6-13(20)9-12/h3-9,11,16-17,24-25H,10H2,1-2H3/t16-,17+/m1/s1. The fraction of sp³-hybridized carbons (Fsp3) is 0.316. The van der Waals surface area contributed by atoms with Gasteiger partial charge >= 0.3 is 5.69 Å². The Balaban J connectivity index is 2.40. The Kier molecular flexibility index (Phi) is 4.93. The van der Waals surface area contributed by atoms with Gasteiger partial charge in [-0.05, 0) is 43.7 Å². The molecule has 7 heteroatoms. The largest absolute Gasteiger partial charge is 0.394 e. The van der Waals surface area contributed by atoms with Gasteiger partial charge in [0.1, 0.15) is 23.3 Å². The van der Waals surface area contributed by atoms with Crippen LogP contribution in [-0.2, 0) is 0 Å². The van der Waals surface area contributed by atoms with Crippen LogP contribution in [0.4, 0.5) is 8.78 Å². The van der Waals surface area contributed by atoms with Crippen molar-refractivity contribution in [1.82, 2.24) is 9.13 Å². The van der Waals surface area contributed by atoms with Gasteiger partial charge in [0.05, 0.1) is 18.2 Å². The smallest absolute Gasteiger partial charge is 0.330 e. The number of aliphatic hydroxyl groups excluding tert-OH is 2. The highest BCUT2D eigenvalue weighted by Crippen LogP contribution is 2.29. The predicted octanol–water partition coefficient (Wildman–Crippen LogP) is 2.60. The summed E-state index contributed by atoms with van der Waals surface area (Å²) >= 11 is 0. The van der Waals surface area contributed by atoms with Crippen molar-refractivity contribution in [3.05, 3.63) is 70.1 Å². The van der Waals surface area contributed by atoms with Crippen molar-refractivity contribution in [2.24, 2.45) is 0 Å². The molecule has 0 radical (unpaired) electrons. The summed E-state index contributed by atoms with van der Waals surface area (Å²) in [6.45, 7) is 2.90. The van der Waals surface area contributed by atoms with E-state index in [1.807, 2.05) is 0 Å². The summed E-state index contributed by atoms with van der Waals surface area (Å²) in [4.78, 5) is 13.1. The van der Waals surface area contributed by atoms with Crippen molar-refractivity contribution in [2.75, 3.05) is 6.61 Å². The van der Waals surface area contributed by atoms with E-state index in [1.54, 1.807) is 19.9 Å². The lowest BCUT2D eigenvalue weighted by atomic mass is 10.0. The molecule has 0 bridgehead atoms. The molecule has 5 nitrogen and oxygen atoms in total. The average Bonchev–Trinajstić information content (AvgIpc) is 2.89. The molecule has 0 unspecified atom stereocenters. The Morgan fingerprint density at radius 3 is 2.38 bits per heavy atom. The Hall–Kier alpha value is -2.51. The normalized spacial score (nSPS) is 14.1. The number of hydrogen-bond donors (Lipinski definition) is 2. The third kappa shape index (κ3) is 2.93. The van der Waals surface area contributed by atoms with Crippen LogP contribution in [0.5, 0.6) is 0 Å². The molecule has 1 heterocycles. The lowest BCUT2D eigenvalue weighted by molar-refractivity contribution is 0.0638. The Morgan fingerprint density at radius 2 is 1.77 bits per heavy atom. The minimum absolute atomic E-state index is 0.00737. The van der Waals surface area contributed by atoms with E-state index in [2.05, 4.69) is 0 Å². The van der Waals surface area contributed by atoms with Gasteiger partial charge in [0.2, 0.25) is 0 Å². The number of rotatable bonds is 5. The van der Waals surface area contributed by atoms with Crippen LogP contribution in [0.3, 0.4) is 0 Å². The first kappa shape index (κ1) is 18.3. The third-order valence-corrected chi connectivity index (χ3v) is 4.41. The van der Waals surface area contributed by atoms with Gasteiger partial charge in [-0.25, -0.2) is 13.6 Å². The number of para-hydroxylation sites is 1. The number of halogens is 2. The number of imidazole rings is 1. The second-order valence-electron chi connectivity index (χ2n) is 6.47. The maximum absolute atomic E-state index is 14.6. The van der Waals surface area contributed by atoms with Crippen LogP contribution < -0.4 is 5.69 Å². The van der Waals surface area contributed by atoms with Crippen molar-refractivity contribution in [3.8, 4) is 0 Å². The summed E-state index contributed by atoms with van der Waals surface area (Å²) in [6.07, 6.45) is -1.42. The van der Waals surface area contributed by atoms with Gasteiger partial charge in [0.25, 0.3) is 0 Å². The fourth-order valence-electron chi connectivity index (χ4n) is 3.34. The van der Waals surface area contributed by atoms with Gasteiger partial charge in [-0.1, -0.05) is 18.2 Å². The van der Waals surface area contributed by atoms with E-state index in [-0.39, 0.29) is 17.1 Å². The second-order valence-corrected chi connectivity index (χ2v) is 6.47. The van der Waals surface area contributed by atoms with Crippen molar-refractivity contribution >= 4 is 11.0 Å². The average molecular weight is 362 g/mol. The highest BCUT2D eigenvalue weighted by molar-refractivity contribution is 5.77. The van der Waals surface area contributed by atoms with Crippen molar-refractivity contribution < 1.29 is 19.0 Å². The van der Waals surface area contributed by atoms with E-state index in [4.69, 9.17) is 0 Å². The number of nitrogens with zero attached hydrogens (tertiary/aromatic N) is 2. The first-order valence-corrected chi connectivity index (χ1v) is 8.32. The Labute approximate surface area is 148 Å². The highest BCUT2D eigenvalue weighted by atomic mass is 19.1. The molecule has 1 aromatic heterocycles. The first-order valence-electron chi connectivity index (χ1n) is 8.32.